The predicted octanol–water partition coefficient (Wildman–Crippen LogP) is 1.99. The minimum atomic E-state index is 0.296. The minimum Gasteiger partial charge on any atom is -0.343 e. The van der Waals surface area contributed by atoms with Crippen LogP contribution in [-0.2, 0) is 11.2 Å². The van der Waals surface area contributed by atoms with E-state index in [0.717, 1.165) is 19.5 Å². The van der Waals surface area contributed by atoms with Crippen LogP contribution in [0.15, 0.2) is 24.5 Å². The van der Waals surface area contributed by atoms with E-state index in [9.17, 15) is 4.79 Å². The van der Waals surface area contributed by atoms with Gasteiger partial charge in [0.2, 0.25) is 5.91 Å². The van der Waals surface area contributed by atoms with E-state index in [1.807, 2.05) is 30.9 Å². The molecule has 1 fully saturated rings. The number of hydrogen-bond acceptors (Lipinski definition) is 3. The maximum absolute atomic E-state index is 11.7. The van der Waals surface area contributed by atoms with Gasteiger partial charge in [0.15, 0.2) is 0 Å². The van der Waals surface area contributed by atoms with Gasteiger partial charge in [0.25, 0.3) is 0 Å². The fourth-order valence-corrected chi connectivity index (χ4v) is 1.93. The molecule has 4 heteroatoms. The number of likely N-dealkylation sites (tertiary alicyclic amines) is 1. The van der Waals surface area contributed by atoms with Crippen LogP contribution in [0, 0.1) is 0 Å². The van der Waals surface area contributed by atoms with Crippen molar-refractivity contribution in [2.24, 2.45) is 5.73 Å². The van der Waals surface area contributed by atoms with E-state index in [0.29, 0.717) is 18.4 Å². The van der Waals surface area contributed by atoms with E-state index >= 15 is 0 Å². The Balaban J connectivity index is 0.000000399. The summed E-state index contributed by atoms with van der Waals surface area (Å²) >= 11 is 0. The molecule has 1 saturated heterocycles. The zero-order valence-electron chi connectivity index (χ0n) is 12.0. The van der Waals surface area contributed by atoms with Crippen LogP contribution in [0.3, 0.4) is 0 Å². The molecule has 4 nitrogen and oxygen atoms in total. The summed E-state index contributed by atoms with van der Waals surface area (Å²) in [6.07, 6.45) is 7.34. The summed E-state index contributed by atoms with van der Waals surface area (Å²) in [6, 6.07) is 4.27. The van der Waals surface area contributed by atoms with Crippen molar-refractivity contribution >= 4 is 5.91 Å². The summed E-state index contributed by atoms with van der Waals surface area (Å²) in [5, 5.41) is 0. The topological polar surface area (TPSA) is 59.2 Å². The van der Waals surface area contributed by atoms with Crippen LogP contribution in [0.5, 0.6) is 0 Å². The summed E-state index contributed by atoms with van der Waals surface area (Å²) in [5.41, 5.74) is 6.30. The summed E-state index contributed by atoms with van der Waals surface area (Å²) < 4.78 is 0. The lowest BCUT2D eigenvalue weighted by molar-refractivity contribution is -0.130. The van der Waals surface area contributed by atoms with Gasteiger partial charge >= 0.3 is 0 Å². The molecule has 0 radical (unpaired) electrons. The molecule has 0 bridgehead atoms. The molecule has 0 spiro atoms. The van der Waals surface area contributed by atoms with E-state index in [4.69, 9.17) is 5.73 Å². The third-order valence-electron chi connectivity index (χ3n) is 2.84. The number of aryl methyl sites for hydroxylation is 1. The van der Waals surface area contributed by atoms with Crippen molar-refractivity contribution < 1.29 is 4.79 Å². The Morgan fingerprint density at radius 2 is 1.84 bits per heavy atom. The number of nitrogens with zero attached hydrogens (tertiary/aromatic N) is 2. The number of carbonyl (C=O) groups excluding carboxylic acids is 1. The molecule has 0 saturated carbocycles. The number of aromatic nitrogens is 1. The Morgan fingerprint density at radius 3 is 2.37 bits per heavy atom. The van der Waals surface area contributed by atoms with Crippen molar-refractivity contribution in [3.8, 4) is 0 Å². The first kappa shape index (κ1) is 15.6. The molecule has 2 rings (SSSR count). The Labute approximate surface area is 116 Å². The van der Waals surface area contributed by atoms with E-state index < -0.39 is 0 Å². The Bertz CT molecular complexity index is 356. The zero-order valence-corrected chi connectivity index (χ0v) is 12.0. The second kappa shape index (κ2) is 8.64. The van der Waals surface area contributed by atoms with Crippen LogP contribution in [0.25, 0.3) is 0 Å². The van der Waals surface area contributed by atoms with Gasteiger partial charge in [0, 0.05) is 31.9 Å². The molecule has 0 aromatic carbocycles. The molecule has 1 aromatic rings. The van der Waals surface area contributed by atoms with Gasteiger partial charge in [-0.05, 0) is 43.0 Å². The highest BCUT2D eigenvalue weighted by Crippen LogP contribution is 2.10. The molecule has 2 N–H and O–H groups in total. The summed E-state index contributed by atoms with van der Waals surface area (Å²) in [5.74, 6) is 0.296. The first-order valence-electron chi connectivity index (χ1n) is 7.02. The lowest BCUT2D eigenvalue weighted by atomic mass is 10.1. The molecule has 0 atom stereocenters. The van der Waals surface area contributed by atoms with Crippen LogP contribution in [-0.4, -0.2) is 34.9 Å². The lowest BCUT2D eigenvalue weighted by Gasteiger charge is -2.14. The quantitative estimate of drug-likeness (QED) is 0.907. The molecule has 1 aliphatic rings. The highest BCUT2D eigenvalue weighted by Gasteiger charge is 2.16. The third kappa shape index (κ3) is 6.91. The van der Waals surface area contributed by atoms with Crippen molar-refractivity contribution in [2.75, 3.05) is 13.1 Å². The van der Waals surface area contributed by atoms with Crippen LogP contribution >= 0.6 is 0 Å². The standard InChI is InChI=1S/C12H16N2O.C3H9N/c15-12(14-9-1-2-10-14)4-3-11-5-7-13-8-6-11;1-3(2)4/h5-8H,1-4,9-10H2;3H,4H2,1-2H3. The maximum atomic E-state index is 11.7. The van der Waals surface area contributed by atoms with E-state index in [1.165, 1.54) is 18.4 Å². The number of nitrogens with two attached hydrogens (primary N) is 1. The second-order valence-corrected chi connectivity index (χ2v) is 5.19. The largest absolute Gasteiger partial charge is 0.343 e. The summed E-state index contributed by atoms with van der Waals surface area (Å²) in [4.78, 5) is 17.7. The highest BCUT2D eigenvalue weighted by atomic mass is 16.2. The second-order valence-electron chi connectivity index (χ2n) is 5.19. The molecule has 1 aromatic heterocycles. The van der Waals surface area contributed by atoms with Gasteiger partial charge in [-0.15, -0.1) is 0 Å². The van der Waals surface area contributed by atoms with Gasteiger partial charge in [0.05, 0.1) is 0 Å². The van der Waals surface area contributed by atoms with Gasteiger partial charge in [-0.25, -0.2) is 0 Å². The minimum absolute atomic E-state index is 0.296. The molecule has 0 unspecified atom stereocenters. The lowest BCUT2D eigenvalue weighted by Crippen LogP contribution is -2.27. The fraction of sp³-hybridized carbons (Fsp3) is 0.600. The van der Waals surface area contributed by atoms with Crippen molar-refractivity contribution in [2.45, 2.75) is 45.6 Å². The maximum Gasteiger partial charge on any atom is 0.222 e. The molecular formula is C15H25N3O. The Morgan fingerprint density at radius 1 is 1.32 bits per heavy atom. The smallest absolute Gasteiger partial charge is 0.222 e. The van der Waals surface area contributed by atoms with Gasteiger partial charge in [-0.3, -0.25) is 9.78 Å². The van der Waals surface area contributed by atoms with E-state index in [-0.39, 0.29) is 0 Å². The monoisotopic (exact) mass is 263 g/mol. The zero-order chi connectivity index (χ0) is 14.1. The normalized spacial score (nSPS) is 14.2. The first-order chi connectivity index (χ1) is 9.09. The highest BCUT2D eigenvalue weighted by molar-refractivity contribution is 5.76. The third-order valence-corrected chi connectivity index (χ3v) is 2.84. The Hall–Kier alpha value is -1.42. The van der Waals surface area contributed by atoms with Crippen molar-refractivity contribution in [1.29, 1.82) is 0 Å². The van der Waals surface area contributed by atoms with Gasteiger partial charge in [-0.1, -0.05) is 13.8 Å². The number of pyridine rings is 1. The average Bonchev–Trinajstić information content (AvgIpc) is 2.90. The molecule has 0 aliphatic carbocycles. The first-order valence-corrected chi connectivity index (χ1v) is 7.02. The summed E-state index contributed by atoms with van der Waals surface area (Å²) in [7, 11) is 0. The van der Waals surface area contributed by atoms with E-state index in [1.54, 1.807) is 12.4 Å². The van der Waals surface area contributed by atoms with Crippen LogP contribution < -0.4 is 5.73 Å². The van der Waals surface area contributed by atoms with Gasteiger partial charge in [0.1, 0.15) is 0 Å². The summed E-state index contributed by atoms with van der Waals surface area (Å²) in [6.45, 7) is 5.80. The Kier molecular flexibility index (Phi) is 7.11. The van der Waals surface area contributed by atoms with Gasteiger partial charge < -0.3 is 10.6 Å². The van der Waals surface area contributed by atoms with Gasteiger partial charge in [-0.2, -0.15) is 0 Å². The number of amides is 1. The van der Waals surface area contributed by atoms with Crippen molar-refractivity contribution in [3.63, 3.8) is 0 Å². The van der Waals surface area contributed by atoms with E-state index in [2.05, 4.69) is 4.98 Å². The fourth-order valence-electron chi connectivity index (χ4n) is 1.93. The molecule has 1 amide bonds. The van der Waals surface area contributed by atoms with Crippen LogP contribution in [0.1, 0.15) is 38.7 Å². The molecular weight excluding hydrogens is 238 g/mol. The number of hydrogen-bond donors (Lipinski definition) is 1. The predicted molar refractivity (Wildman–Crippen MR) is 77.7 cm³/mol. The molecule has 1 aliphatic heterocycles. The molecule has 2 heterocycles. The number of carbonyl (C=O) groups is 1. The SMILES string of the molecule is CC(C)N.O=C(CCc1ccncc1)N1CCCC1. The number of rotatable bonds is 3. The average molecular weight is 263 g/mol. The van der Waals surface area contributed by atoms with Crippen LogP contribution in [0.4, 0.5) is 0 Å². The van der Waals surface area contributed by atoms with Crippen LogP contribution in [0.2, 0.25) is 0 Å². The molecule has 19 heavy (non-hydrogen) atoms. The van der Waals surface area contributed by atoms with Crippen molar-refractivity contribution in [1.82, 2.24) is 9.88 Å². The molecule has 106 valence electrons. The van der Waals surface area contributed by atoms with Crippen molar-refractivity contribution in [3.05, 3.63) is 30.1 Å².